The smallest absolute Gasteiger partial charge is 0.315 e. The van der Waals surface area contributed by atoms with Gasteiger partial charge in [-0.2, -0.15) is 0 Å². The van der Waals surface area contributed by atoms with Crippen LogP contribution in [0.4, 0.5) is 4.79 Å². The highest BCUT2D eigenvalue weighted by molar-refractivity contribution is 5.74. The number of urea groups is 1. The fraction of sp³-hybridized carbons (Fsp3) is 0.588. The van der Waals surface area contributed by atoms with Gasteiger partial charge in [0.2, 0.25) is 0 Å². The summed E-state index contributed by atoms with van der Waals surface area (Å²) in [6.45, 7) is 6.80. The van der Waals surface area contributed by atoms with Gasteiger partial charge in [-0.1, -0.05) is 18.2 Å². The minimum absolute atomic E-state index is 0.0126. The molecule has 6 nitrogen and oxygen atoms in total. The zero-order valence-electron chi connectivity index (χ0n) is 13.6. The van der Waals surface area contributed by atoms with Crippen LogP contribution in [0.15, 0.2) is 24.3 Å². The zero-order valence-corrected chi connectivity index (χ0v) is 13.6. The molecule has 0 aromatic heterocycles. The first kappa shape index (κ1) is 16.1. The number of benzene rings is 1. The van der Waals surface area contributed by atoms with E-state index in [-0.39, 0.29) is 12.1 Å². The van der Waals surface area contributed by atoms with E-state index in [0.717, 1.165) is 44.0 Å². The number of carbonyl (C=O) groups is 1. The fourth-order valence-electron chi connectivity index (χ4n) is 3.09. The van der Waals surface area contributed by atoms with Gasteiger partial charge < -0.3 is 20.1 Å². The van der Waals surface area contributed by atoms with Crippen molar-refractivity contribution >= 4 is 6.03 Å². The number of carbonyl (C=O) groups excluding carboxylic acids is 1. The van der Waals surface area contributed by atoms with Crippen molar-refractivity contribution in [3.63, 3.8) is 0 Å². The highest BCUT2D eigenvalue weighted by Gasteiger charge is 2.23. The van der Waals surface area contributed by atoms with E-state index < -0.39 is 0 Å². The van der Waals surface area contributed by atoms with Gasteiger partial charge in [0, 0.05) is 37.7 Å². The minimum atomic E-state index is -0.119. The van der Waals surface area contributed by atoms with Gasteiger partial charge in [-0.3, -0.25) is 4.90 Å². The molecule has 2 N–H and O–H groups in total. The van der Waals surface area contributed by atoms with Crippen molar-refractivity contribution in [2.45, 2.75) is 25.4 Å². The van der Waals surface area contributed by atoms with Crippen LogP contribution >= 0.6 is 0 Å². The van der Waals surface area contributed by atoms with Crippen molar-refractivity contribution in [2.24, 2.45) is 0 Å². The molecular formula is C17H25N3O3. The lowest BCUT2D eigenvalue weighted by Crippen LogP contribution is -2.49. The lowest BCUT2D eigenvalue weighted by Gasteiger charge is -2.32. The Morgan fingerprint density at radius 3 is 2.91 bits per heavy atom. The van der Waals surface area contributed by atoms with Crippen LogP contribution in [0.2, 0.25) is 0 Å². The molecule has 0 saturated carbocycles. The van der Waals surface area contributed by atoms with Crippen LogP contribution in [0, 0.1) is 0 Å². The molecule has 1 saturated heterocycles. The Kier molecular flexibility index (Phi) is 5.35. The molecule has 2 atom stereocenters. The van der Waals surface area contributed by atoms with Crippen LogP contribution in [0.3, 0.4) is 0 Å². The first-order valence-electron chi connectivity index (χ1n) is 8.32. The molecule has 1 aromatic carbocycles. The van der Waals surface area contributed by atoms with E-state index in [1.54, 1.807) is 0 Å². The number of rotatable bonds is 4. The second-order valence-electron chi connectivity index (χ2n) is 6.08. The van der Waals surface area contributed by atoms with Crippen LogP contribution in [-0.2, 0) is 4.74 Å². The third kappa shape index (κ3) is 4.14. The lowest BCUT2D eigenvalue weighted by atomic mass is 10.0. The van der Waals surface area contributed by atoms with Gasteiger partial charge in [0.25, 0.3) is 0 Å². The van der Waals surface area contributed by atoms with Crippen molar-refractivity contribution in [1.82, 2.24) is 15.5 Å². The topological polar surface area (TPSA) is 62.8 Å². The number of para-hydroxylation sites is 1. The van der Waals surface area contributed by atoms with Gasteiger partial charge in [-0.25, -0.2) is 4.79 Å². The number of nitrogens with one attached hydrogen (secondary N) is 2. The molecule has 3 rings (SSSR count). The van der Waals surface area contributed by atoms with E-state index in [1.165, 1.54) is 0 Å². The number of hydrogen-bond donors (Lipinski definition) is 2. The van der Waals surface area contributed by atoms with Gasteiger partial charge in [0.1, 0.15) is 5.75 Å². The van der Waals surface area contributed by atoms with Crippen molar-refractivity contribution in [2.75, 3.05) is 39.5 Å². The molecule has 1 aromatic rings. The van der Waals surface area contributed by atoms with Gasteiger partial charge >= 0.3 is 6.03 Å². The van der Waals surface area contributed by atoms with E-state index in [1.807, 2.05) is 24.3 Å². The maximum atomic E-state index is 12.2. The van der Waals surface area contributed by atoms with E-state index in [9.17, 15) is 4.79 Å². The molecule has 2 aliphatic rings. The summed E-state index contributed by atoms with van der Waals surface area (Å²) in [5.74, 6) is 0.866. The number of nitrogens with zero attached hydrogens (tertiary/aromatic N) is 1. The highest BCUT2D eigenvalue weighted by Crippen LogP contribution is 2.31. The average molecular weight is 319 g/mol. The SMILES string of the molecule is C[C@H](CNC(=O)N[C@@H]1CCOc2ccccc21)N1CCOCC1. The largest absolute Gasteiger partial charge is 0.493 e. The molecule has 0 aliphatic carbocycles. The Morgan fingerprint density at radius 1 is 1.30 bits per heavy atom. The van der Waals surface area contributed by atoms with Crippen molar-refractivity contribution in [3.8, 4) is 5.75 Å². The highest BCUT2D eigenvalue weighted by atomic mass is 16.5. The van der Waals surface area contributed by atoms with E-state index in [4.69, 9.17) is 9.47 Å². The standard InChI is InChI=1S/C17H25N3O3/c1-13(20-7-10-22-11-8-20)12-18-17(21)19-15-6-9-23-16-5-3-2-4-14(15)16/h2-5,13,15H,6-12H2,1H3,(H2,18,19,21)/t13-,15-/m1/s1. The number of fused-ring (bicyclic) bond motifs is 1. The molecule has 0 bridgehead atoms. The summed E-state index contributed by atoms with van der Waals surface area (Å²) in [7, 11) is 0. The Hall–Kier alpha value is -1.79. The molecule has 6 heteroatoms. The monoisotopic (exact) mass is 319 g/mol. The van der Waals surface area contributed by atoms with Gasteiger partial charge in [-0.05, 0) is 13.0 Å². The lowest BCUT2D eigenvalue weighted by molar-refractivity contribution is 0.0209. The molecule has 0 radical (unpaired) electrons. The van der Waals surface area contributed by atoms with Gasteiger partial charge in [0.05, 0.1) is 25.9 Å². The Balaban J connectivity index is 1.48. The third-order valence-electron chi connectivity index (χ3n) is 4.49. The molecule has 2 amide bonds. The number of hydrogen-bond acceptors (Lipinski definition) is 4. The molecule has 2 aliphatic heterocycles. The van der Waals surface area contributed by atoms with E-state index in [0.29, 0.717) is 19.2 Å². The predicted octanol–water partition coefficient (Wildman–Crippen LogP) is 1.53. The summed E-state index contributed by atoms with van der Waals surface area (Å²) in [6, 6.07) is 8.08. The number of ether oxygens (including phenoxy) is 2. The maximum absolute atomic E-state index is 12.2. The second-order valence-corrected chi connectivity index (χ2v) is 6.08. The molecule has 23 heavy (non-hydrogen) atoms. The minimum Gasteiger partial charge on any atom is -0.493 e. The van der Waals surface area contributed by atoms with Crippen LogP contribution in [-0.4, -0.2) is 56.4 Å². The van der Waals surface area contributed by atoms with Crippen molar-refractivity contribution in [1.29, 1.82) is 0 Å². The van der Waals surface area contributed by atoms with Crippen molar-refractivity contribution in [3.05, 3.63) is 29.8 Å². The zero-order chi connectivity index (χ0) is 16.1. The summed E-state index contributed by atoms with van der Waals surface area (Å²) < 4.78 is 11.0. The van der Waals surface area contributed by atoms with Gasteiger partial charge in [0.15, 0.2) is 0 Å². The van der Waals surface area contributed by atoms with Crippen LogP contribution in [0.1, 0.15) is 24.9 Å². The van der Waals surface area contributed by atoms with E-state index >= 15 is 0 Å². The number of morpholine rings is 1. The first-order valence-corrected chi connectivity index (χ1v) is 8.32. The quantitative estimate of drug-likeness (QED) is 0.883. The maximum Gasteiger partial charge on any atom is 0.315 e. The Labute approximate surface area is 137 Å². The van der Waals surface area contributed by atoms with Crippen molar-refractivity contribution < 1.29 is 14.3 Å². The Morgan fingerprint density at radius 2 is 2.09 bits per heavy atom. The van der Waals surface area contributed by atoms with Crippen LogP contribution < -0.4 is 15.4 Å². The number of amides is 2. The van der Waals surface area contributed by atoms with Crippen LogP contribution in [0.25, 0.3) is 0 Å². The molecule has 0 spiro atoms. The predicted molar refractivity (Wildman–Crippen MR) is 87.7 cm³/mol. The first-order chi connectivity index (χ1) is 11.2. The second kappa shape index (κ2) is 7.66. The summed E-state index contributed by atoms with van der Waals surface area (Å²) in [4.78, 5) is 14.5. The average Bonchev–Trinajstić information content (AvgIpc) is 2.61. The molecule has 1 fully saturated rings. The Bertz CT molecular complexity index is 532. The molecule has 126 valence electrons. The molecule has 2 heterocycles. The van der Waals surface area contributed by atoms with Gasteiger partial charge in [-0.15, -0.1) is 0 Å². The normalized spacial score (nSPS) is 22.6. The summed E-state index contributed by atoms with van der Waals surface area (Å²) in [5, 5.41) is 6.04. The summed E-state index contributed by atoms with van der Waals surface area (Å²) in [5.41, 5.74) is 1.05. The molecular weight excluding hydrogens is 294 g/mol. The fourth-order valence-corrected chi connectivity index (χ4v) is 3.09. The van der Waals surface area contributed by atoms with Crippen LogP contribution in [0.5, 0.6) is 5.75 Å². The summed E-state index contributed by atoms with van der Waals surface area (Å²) in [6.07, 6.45) is 0.795. The molecule has 0 unspecified atom stereocenters. The summed E-state index contributed by atoms with van der Waals surface area (Å²) >= 11 is 0. The third-order valence-corrected chi connectivity index (χ3v) is 4.49. The van der Waals surface area contributed by atoms with E-state index in [2.05, 4.69) is 22.5 Å².